The van der Waals surface area contributed by atoms with Crippen LogP contribution < -0.4 is 0 Å². The molecule has 1 saturated carbocycles. The summed E-state index contributed by atoms with van der Waals surface area (Å²) in [5.74, 6) is 0.131. The molecule has 0 N–H and O–H groups in total. The normalized spacial score (nSPS) is 19.1. The molecule has 0 aromatic heterocycles. The van der Waals surface area contributed by atoms with Crippen LogP contribution in [0.2, 0.25) is 0 Å². The highest BCUT2D eigenvalue weighted by molar-refractivity contribution is 5.27. The van der Waals surface area contributed by atoms with Crippen molar-refractivity contribution < 1.29 is 4.39 Å². The second-order valence-electron chi connectivity index (χ2n) is 8.27. The maximum Gasteiger partial charge on any atom is 0.107 e. The molecule has 3 rings (SSSR count). The van der Waals surface area contributed by atoms with Crippen LogP contribution in [0.15, 0.2) is 54.6 Å². The molecule has 0 radical (unpaired) electrons. The van der Waals surface area contributed by atoms with Gasteiger partial charge < -0.3 is 4.90 Å². The molecule has 30 heavy (non-hydrogen) atoms. The van der Waals surface area contributed by atoms with Crippen molar-refractivity contribution in [3.05, 3.63) is 71.3 Å². The van der Waals surface area contributed by atoms with Crippen molar-refractivity contribution in [2.45, 2.75) is 77.4 Å². The first-order chi connectivity index (χ1) is 14.6. The van der Waals surface area contributed by atoms with Crippen LogP contribution in [0.1, 0.15) is 69.1 Å². The predicted octanol–water partition coefficient (Wildman–Crippen LogP) is 6.71. The summed E-state index contributed by atoms with van der Waals surface area (Å²) in [5.41, 5.74) is 3.98. The molecule has 1 aliphatic rings. The summed E-state index contributed by atoms with van der Waals surface area (Å²) in [6.45, 7) is 8.23. The van der Waals surface area contributed by atoms with Crippen LogP contribution in [0.3, 0.4) is 0 Å². The van der Waals surface area contributed by atoms with E-state index in [0.29, 0.717) is 6.04 Å². The maximum atomic E-state index is 13.9. The topological polar surface area (TPSA) is 27.0 Å². The van der Waals surface area contributed by atoms with Gasteiger partial charge in [-0.05, 0) is 68.7 Å². The van der Waals surface area contributed by atoms with Crippen LogP contribution in [0.25, 0.3) is 0 Å². The van der Waals surface area contributed by atoms with Gasteiger partial charge in [-0.25, -0.2) is 4.39 Å². The lowest BCUT2D eigenvalue weighted by atomic mass is 9.94. The molecular weight excluding hydrogens is 371 g/mol. The SMILES string of the molecule is CC#N.CCN(CCc1ccccc1)C(C)CCc1ccc(C2CCCC2F)cc1. The molecule has 2 aromatic carbocycles. The van der Waals surface area contributed by atoms with Gasteiger partial charge in [0.15, 0.2) is 0 Å². The number of nitriles is 1. The van der Waals surface area contributed by atoms with E-state index in [-0.39, 0.29) is 5.92 Å². The van der Waals surface area contributed by atoms with Crippen molar-refractivity contribution in [1.82, 2.24) is 4.90 Å². The second kappa shape index (κ2) is 13.2. The summed E-state index contributed by atoms with van der Waals surface area (Å²) in [4.78, 5) is 2.58. The van der Waals surface area contributed by atoms with E-state index < -0.39 is 6.17 Å². The van der Waals surface area contributed by atoms with Gasteiger partial charge in [0.2, 0.25) is 0 Å². The Kier molecular flexibility index (Phi) is 10.6. The molecule has 2 nitrogen and oxygen atoms in total. The highest BCUT2D eigenvalue weighted by Gasteiger charge is 2.28. The molecule has 0 aliphatic heterocycles. The van der Waals surface area contributed by atoms with Crippen LogP contribution >= 0.6 is 0 Å². The second-order valence-corrected chi connectivity index (χ2v) is 8.27. The Bertz CT molecular complexity index is 751. The first-order valence-electron chi connectivity index (χ1n) is 11.4. The number of likely N-dealkylation sites (N-methyl/N-ethyl adjacent to an activating group) is 1. The fraction of sp³-hybridized carbons (Fsp3) is 0.519. The van der Waals surface area contributed by atoms with Crippen LogP contribution in [0.4, 0.5) is 4.39 Å². The average Bonchev–Trinajstić information content (AvgIpc) is 3.20. The van der Waals surface area contributed by atoms with Gasteiger partial charge >= 0.3 is 0 Å². The van der Waals surface area contributed by atoms with E-state index in [9.17, 15) is 4.39 Å². The highest BCUT2D eigenvalue weighted by atomic mass is 19.1. The fourth-order valence-electron chi connectivity index (χ4n) is 4.39. The molecule has 0 bridgehead atoms. The Morgan fingerprint density at radius 1 is 1.03 bits per heavy atom. The summed E-state index contributed by atoms with van der Waals surface area (Å²) < 4.78 is 13.9. The van der Waals surface area contributed by atoms with E-state index >= 15 is 0 Å². The zero-order valence-electron chi connectivity index (χ0n) is 18.9. The molecule has 2 aromatic rings. The van der Waals surface area contributed by atoms with Crippen molar-refractivity contribution in [3.8, 4) is 6.07 Å². The van der Waals surface area contributed by atoms with Crippen molar-refractivity contribution >= 4 is 0 Å². The third kappa shape index (κ3) is 7.58. The number of hydrogen-bond donors (Lipinski definition) is 0. The zero-order valence-corrected chi connectivity index (χ0v) is 18.9. The number of halogens is 1. The van der Waals surface area contributed by atoms with Gasteiger partial charge in [-0.1, -0.05) is 61.5 Å². The Morgan fingerprint density at radius 2 is 1.67 bits per heavy atom. The minimum Gasteiger partial charge on any atom is -0.301 e. The molecule has 3 atom stereocenters. The van der Waals surface area contributed by atoms with E-state index in [2.05, 4.69) is 73.3 Å². The van der Waals surface area contributed by atoms with Crippen molar-refractivity contribution in [3.63, 3.8) is 0 Å². The minimum atomic E-state index is -0.640. The van der Waals surface area contributed by atoms with Crippen LogP contribution in [-0.4, -0.2) is 30.2 Å². The van der Waals surface area contributed by atoms with Crippen molar-refractivity contribution in [2.24, 2.45) is 0 Å². The van der Waals surface area contributed by atoms with E-state index in [4.69, 9.17) is 5.26 Å². The van der Waals surface area contributed by atoms with Crippen LogP contribution in [-0.2, 0) is 12.8 Å². The molecule has 0 amide bonds. The number of nitrogens with zero attached hydrogens (tertiary/aromatic N) is 2. The average molecular weight is 409 g/mol. The number of rotatable bonds is 9. The van der Waals surface area contributed by atoms with Gasteiger partial charge in [0.05, 0.1) is 6.07 Å². The molecule has 0 spiro atoms. The van der Waals surface area contributed by atoms with E-state index in [1.165, 1.54) is 23.6 Å². The van der Waals surface area contributed by atoms with Gasteiger partial charge in [0.1, 0.15) is 6.17 Å². The Morgan fingerprint density at radius 3 is 2.23 bits per heavy atom. The molecule has 1 aliphatic carbocycles. The number of aryl methyl sites for hydroxylation is 1. The van der Waals surface area contributed by atoms with Crippen molar-refractivity contribution in [1.29, 1.82) is 5.26 Å². The van der Waals surface area contributed by atoms with Gasteiger partial charge in [-0.2, -0.15) is 5.26 Å². The number of benzene rings is 2. The van der Waals surface area contributed by atoms with Gasteiger partial charge in [-0.15, -0.1) is 0 Å². The molecule has 3 heteroatoms. The third-order valence-corrected chi connectivity index (χ3v) is 6.25. The summed E-state index contributed by atoms with van der Waals surface area (Å²) in [5, 5.41) is 7.32. The molecular formula is C27H37FN2. The predicted molar refractivity (Wildman–Crippen MR) is 124 cm³/mol. The largest absolute Gasteiger partial charge is 0.301 e. The quantitative estimate of drug-likeness (QED) is 0.461. The standard InChI is InChI=1S/C25H34FN.C2H3N/c1-3-27(19-18-21-8-5-4-6-9-21)20(2)12-13-22-14-16-23(17-15-22)24-10-7-11-25(24)26;1-2-3/h4-6,8-9,14-17,20,24-25H,3,7,10-13,18-19H2,1-2H3;1H3. The Labute approximate surface area is 182 Å². The fourth-order valence-corrected chi connectivity index (χ4v) is 4.39. The lowest BCUT2D eigenvalue weighted by Crippen LogP contribution is -2.35. The number of alkyl halides is 1. The lowest BCUT2D eigenvalue weighted by molar-refractivity contribution is 0.212. The first-order valence-corrected chi connectivity index (χ1v) is 11.4. The van der Waals surface area contributed by atoms with Crippen LogP contribution in [0, 0.1) is 11.3 Å². The smallest absolute Gasteiger partial charge is 0.107 e. The van der Waals surface area contributed by atoms with Crippen molar-refractivity contribution in [2.75, 3.05) is 13.1 Å². The Balaban J connectivity index is 0.00000101. The van der Waals surface area contributed by atoms with Crippen LogP contribution in [0.5, 0.6) is 0 Å². The Hall–Kier alpha value is -2.18. The minimum absolute atomic E-state index is 0.131. The molecule has 0 heterocycles. The summed E-state index contributed by atoms with van der Waals surface area (Å²) in [6.07, 6.45) is 5.49. The zero-order chi connectivity index (χ0) is 21.8. The summed E-state index contributed by atoms with van der Waals surface area (Å²) >= 11 is 0. The maximum absolute atomic E-state index is 13.9. The lowest BCUT2D eigenvalue weighted by Gasteiger charge is -2.28. The highest BCUT2D eigenvalue weighted by Crippen LogP contribution is 2.36. The third-order valence-electron chi connectivity index (χ3n) is 6.25. The summed E-state index contributed by atoms with van der Waals surface area (Å²) in [7, 11) is 0. The summed E-state index contributed by atoms with van der Waals surface area (Å²) in [6, 6.07) is 21.8. The van der Waals surface area contributed by atoms with Gasteiger partial charge in [0.25, 0.3) is 0 Å². The molecule has 1 fully saturated rings. The van der Waals surface area contributed by atoms with E-state index in [0.717, 1.165) is 51.6 Å². The monoisotopic (exact) mass is 408 g/mol. The van der Waals surface area contributed by atoms with Gasteiger partial charge in [-0.3, -0.25) is 0 Å². The molecule has 0 saturated heterocycles. The van der Waals surface area contributed by atoms with E-state index in [1.54, 1.807) is 6.07 Å². The number of hydrogen-bond acceptors (Lipinski definition) is 2. The van der Waals surface area contributed by atoms with E-state index in [1.807, 2.05) is 0 Å². The molecule has 162 valence electrons. The molecule has 3 unspecified atom stereocenters. The first kappa shape index (κ1) is 24.1. The van der Waals surface area contributed by atoms with Gasteiger partial charge in [0, 0.05) is 25.4 Å².